The highest BCUT2D eigenvalue weighted by Crippen LogP contribution is 2.13. The molecule has 66 heavy (non-hydrogen) atoms. The Bertz CT molecular complexity index is 2410. The standard InChI is InChI=1S/C37H46N14O15/c38-36(39)41-9-1-2-20(31(61)49-23(12-27(58)59)32(62)45-18(15-52)10-25(54)55)47-33(63)22(11-26(56)57)46-24(53)8-7-21(35(65)66)48-30(60)16-3-5-17(6-4-16)42-13-19-14-43-29-28(44-19)34(64)51-37(40)50-29/h3-6,14-15,18,20-23,42H,1-2,7-13H2,(H,45,62)(H,46,53)(H,47,63)(H,48,60)(H,49,61)(H,54,55)(H,56,57)(H,58,59)(H,65,66)(H4,38,39,41)(H3,40,43,50,51,64)/t18-,20-,21?,22-,23-/m0/s1. The van der Waals surface area contributed by atoms with Crippen LogP contribution in [0.2, 0.25) is 0 Å². The monoisotopic (exact) mass is 926 g/mol. The van der Waals surface area contributed by atoms with Gasteiger partial charge in [0.05, 0.1) is 43.7 Å². The molecule has 29 nitrogen and oxygen atoms in total. The number of aliphatic imine (C=N–C) groups is 1. The number of nitrogens with one attached hydrogen (secondary N) is 7. The molecule has 354 valence electrons. The molecule has 0 aliphatic carbocycles. The largest absolute Gasteiger partial charge is 0.481 e. The van der Waals surface area contributed by atoms with E-state index in [-0.39, 0.29) is 60.9 Å². The number of benzene rings is 1. The molecule has 0 aliphatic rings. The lowest BCUT2D eigenvalue weighted by molar-refractivity contribution is -0.142. The molecule has 0 fully saturated rings. The fourth-order valence-corrected chi connectivity index (χ4v) is 5.72. The van der Waals surface area contributed by atoms with Crippen LogP contribution in [-0.2, 0) is 49.7 Å². The van der Waals surface area contributed by atoms with Gasteiger partial charge < -0.3 is 74.3 Å². The molecular weight excluding hydrogens is 880 g/mol. The Balaban J connectivity index is 1.66. The van der Waals surface area contributed by atoms with E-state index in [2.05, 4.69) is 51.5 Å². The normalized spacial score (nSPS) is 13.0. The molecule has 29 heteroatoms. The molecule has 1 unspecified atom stereocenters. The topological polar surface area (TPSA) is 486 Å². The van der Waals surface area contributed by atoms with Gasteiger partial charge in [0.15, 0.2) is 17.1 Å². The average Bonchev–Trinajstić information content (AvgIpc) is 3.23. The highest BCUT2D eigenvalue weighted by atomic mass is 16.4. The van der Waals surface area contributed by atoms with Crippen molar-refractivity contribution >= 4 is 88.5 Å². The Morgan fingerprint density at radius 2 is 1.33 bits per heavy atom. The fraction of sp³-hybridized carbons (Fsp3) is 0.378. The van der Waals surface area contributed by atoms with Crippen molar-refractivity contribution in [1.29, 1.82) is 0 Å². The number of aromatic amines is 1. The van der Waals surface area contributed by atoms with Crippen LogP contribution in [0.4, 0.5) is 11.6 Å². The van der Waals surface area contributed by atoms with Crippen LogP contribution in [0.25, 0.3) is 11.2 Å². The zero-order valence-electron chi connectivity index (χ0n) is 34.5. The molecule has 3 aromatic rings. The first-order valence-electron chi connectivity index (χ1n) is 19.4. The quantitative estimate of drug-likeness (QED) is 0.0148. The molecule has 0 saturated heterocycles. The Kier molecular flexibility index (Phi) is 19.3. The number of guanidine groups is 1. The van der Waals surface area contributed by atoms with Crippen LogP contribution >= 0.6 is 0 Å². The molecule has 0 radical (unpaired) electrons. The number of aldehydes is 1. The number of aromatic nitrogens is 4. The number of carboxylic acids is 4. The molecule has 0 bridgehead atoms. The second-order valence-electron chi connectivity index (χ2n) is 14.1. The molecule has 0 aliphatic heterocycles. The molecule has 3 rings (SSSR count). The van der Waals surface area contributed by atoms with Gasteiger partial charge in [0, 0.05) is 24.2 Å². The van der Waals surface area contributed by atoms with Crippen LogP contribution in [-0.4, -0.2) is 143 Å². The second kappa shape index (κ2) is 24.7. The molecule has 2 aromatic heterocycles. The van der Waals surface area contributed by atoms with Crippen LogP contribution in [0, 0.1) is 0 Å². The molecule has 5 atom stereocenters. The van der Waals surface area contributed by atoms with Crippen molar-refractivity contribution in [1.82, 2.24) is 46.5 Å². The Labute approximate surface area is 370 Å². The van der Waals surface area contributed by atoms with E-state index in [4.69, 9.17) is 22.3 Å². The third-order valence-electron chi connectivity index (χ3n) is 8.88. The summed E-state index contributed by atoms with van der Waals surface area (Å²) in [5.74, 6) is -12.4. The minimum atomic E-state index is -1.92. The molecule has 1 aromatic carbocycles. The number of carbonyl (C=O) groups excluding carboxylic acids is 6. The summed E-state index contributed by atoms with van der Waals surface area (Å²) in [5.41, 5.74) is 16.5. The number of anilines is 2. The van der Waals surface area contributed by atoms with E-state index in [1.165, 1.54) is 30.5 Å². The minimum Gasteiger partial charge on any atom is -0.481 e. The summed E-state index contributed by atoms with van der Waals surface area (Å²) in [5, 5.41) is 51.4. The predicted octanol–water partition coefficient (Wildman–Crippen LogP) is -4.51. The number of rotatable bonds is 27. The smallest absolute Gasteiger partial charge is 0.326 e. The van der Waals surface area contributed by atoms with Gasteiger partial charge in [0.2, 0.25) is 29.6 Å². The Hall–Kier alpha value is -8.79. The van der Waals surface area contributed by atoms with E-state index in [1.54, 1.807) is 0 Å². The zero-order chi connectivity index (χ0) is 49.1. The second-order valence-corrected chi connectivity index (χ2v) is 14.1. The van der Waals surface area contributed by atoms with Crippen molar-refractivity contribution in [3.8, 4) is 0 Å². The number of carboxylic acid groups (broad SMARTS) is 4. The first kappa shape index (κ1) is 51.6. The van der Waals surface area contributed by atoms with Gasteiger partial charge in [-0.2, -0.15) is 4.98 Å². The highest BCUT2D eigenvalue weighted by molar-refractivity contribution is 5.98. The maximum Gasteiger partial charge on any atom is 0.326 e. The lowest BCUT2D eigenvalue weighted by Crippen LogP contribution is -2.58. The minimum absolute atomic E-state index is 0.0188. The van der Waals surface area contributed by atoms with E-state index in [1.807, 2.05) is 5.32 Å². The van der Waals surface area contributed by atoms with Crippen LogP contribution in [0.5, 0.6) is 0 Å². The van der Waals surface area contributed by atoms with E-state index in [0.717, 1.165) is 0 Å². The van der Waals surface area contributed by atoms with Gasteiger partial charge in [-0.05, 0) is 43.5 Å². The van der Waals surface area contributed by atoms with Crippen molar-refractivity contribution in [2.24, 2.45) is 16.5 Å². The lowest BCUT2D eigenvalue weighted by atomic mass is 10.1. The summed E-state index contributed by atoms with van der Waals surface area (Å²) in [6.45, 7) is -0.00899. The van der Waals surface area contributed by atoms with Crippen molar-refractivity contribution in [3.05, 3.63) is 52.1 Å². The SMILES string of the molecule is NC(N)=NCCC[C@H](NC(=O)[C@H](CC(=O)O)NC(=O)CCC(NC(=O)c1ccc(NCc2cnc3nc(N)[nH]c(=O)c3n2)cc1)C(=O)O)C(=O)N[C@@H](CC(=O)O)C(=O)N[C@H](C=O)CC(=O)O. The molecule has 5 amide bonds. The first-order chi connectivity index (χ1) is 31.1. The van der Waals surface area contributed by atoms with Crippen molar-refractivity contribution in [2.75, 3.05) is 17.6 Å². The summed E-state index contributed by atoms with van der Waals surface area (Å²) in [6, 6.07) is -3.05. The number of H-pyrrole nitrogens is 1. The van der Waals surface area contributed by atoms with E-state index in [0.29, 0.717) is 11.4 Å². The lowest BCUT2D eigenvalue weighted by Gasteiger charge is -2.25. The summed E-state index contributed by atoms with van der Waals surface area (Å²) in [6.07, 6.45) is -3.15. The number of hydrogen-bond acceptors (Lipinski definition) is 17. The average molecular weight is 927 g/mol. The number of nitrogen functional groups attached to an aromatic ring is 1. The maximum atomic E-state index is 13.4. The van der Waals surface area contributed by atoms with Gasteiger partial charge in [-0.1, -0.05) is 0 Å². The maximum absolute atomic E-state index is 13.4. The molecule has 0 spiro atoms. The number of amides is 5. The summed E-state index contributed by atoms with van der Waals surface area (Å²) in [7, 11) is 0. The molecule has 17 N–H and O–H groups in total. The zero-order valence-corrected chi connectivity index (χ0v) is 34.5. The summed E-state index contributed by atoms with van der Waals surface area (Å²) >= 11 is 0. The van der Waals surface area contributed by atoms with Crippen LogP contribution < -0.4 is 54.7 Å². The third-order valence-corrected chi connectivity index (χ3v) is 8.88. The Morgan fingerprint density at radius 3 is 1.92 bits per heavy atom. The van der Waals surface area contributed by atoms with E-state index in [9.17, 15) is 68.1 Å². The summed E-state index contributed by atoms with van der Waals surface area (Å²) in [4.78, 5) is 154. The van der Waals surface area contributed by atoms with Gasteiger partial charge in [0.1, 0.15) is 30.5 Å². The van der Waals surface area contributed by atoms with E-state index >= 15 is 0 Å². The van der Waals surface area contributed by atoms with Gasteiger partial charge in [0.25, 0.3) is 11.5 Å². The van der Waals surface area contributed by atoms with Gasteiger partial charge >= 0.3 is 23.9 Å². The van der Waals surface area contributed by atoms with Gasteiger partial charge in [-0.3, -0.25) is 53.1 Å². The van der Waals surface area contributed by atoms with Gasteiger partial charge in [-0.25, -0.2) is 14.8 Å². The van der Waals surface area contributed by atoms with Gasteiger partial charge in [-0.15, -0.1) is 0 Å². The first-order valence-corrected chi connectivity index (χ1v) is 19.4. The molecular formula is C37H46N14O15. The van der Waals surface area contributed by atoms with Crippen LogP contribution in [0.1, 0.15) is 61.0 Å². The van der Waals surface area contributed by atoms with Crippen molar-refractivity contribution in [2.45, 2.75) is 81.7 Å². The third kappa shape index (κ3) is 17.2. The number of nitrogens with two attached hydrogens (primary N) is 3. The number of aliphatic carboxylic acids is 4. The number of nitrogens with zero attached hydrogens (tertiary/aromatic N) is 4. The van der Waals surface area contributed by atoms with Crippen LogP contribution in [0.3, 0.4) is 0 Å². The number of hydrogen-bond donors (Lipinski definition) is 14. The van der Waals surface area contributed by atoms with E-state index < -0.39 is 121 Å². The molecule has 0 saturated carbocycles. The molecule has 2 heterocycles. The Morgan fingerprint density at radius 1 is 0.742 bits per heavy atom. The van der Waals surface area contributed by atoms with Crippen molar-refractivity contribution < 1.29 is 68.4 Å². The number of fused-ring (bicyclic) bond motifs is 1. The number of carbonyl (C=O) groups is 10. The van der Waals surface area contributed by atoms with Crippen molar-refractivity contribution in [3.63, 3.8) is 0 Å². The van der Waals surface area contributed by atoms with Crippen LogP contribution in [0.15, 0.2) is 40.2 Å². The summed E-state index contributed by atoms with van der Waals surface area (Å²) < 4.78 is 0. The fourth-order valence-electron chi connectivity index (χ4n) is 5.72. The highest BCUT2D eigenvalue weighted by Gasteiger charge is 2.33. The predicted molar refractivity (Wildman–Crippen MR) is 225 cm³/mol.